The molecular weight excluding hydrogens is 157 g/mol. The van der Waals surface area contributed by atoms with E-state index in [1.807, 2.05) is 18.2 Å². The summed E-state index contributed by atoms with van der Waals surface area (Å²) in [6.07, 6.45) is 0. The Labute approximate surface area is 71.1 Å². The molecule has 0 saturated carbocycles. The van der Waals surface area contributed by atoms with Gasteiger partial charge >= 0.3 is 0 Å². The molecule has 0 amide bonds. The van der Waals surface area contributed by atoms with Crippen molar-refractivity contribution in [2.75, 3.05) is 13.3 Å². The van der Waals surface area contributed by atoms with Crippen molar-refractivity contribution in [2.45, 2.75) is 6.54 Å². The average molecular weight is 169 g/mol. The molecule has 2 nitrogen and oxygen atoms in total. The van der Waals surface area contributed by atoms with Gasteiger partial charge in [-0.2, -0.15) is 0 Å². The highest BCUT2D eigenvalue weighted by Gasteiger charge is 1.98. The second-order valence-electron chi connectivity index (χ2n) is 2.35. The average Bonchev–Trinajstić information content (AvgIpc) is 2.15. The van der Waals surface area contributed by atoms with Gasteiger partial charge in [-0.25, -0.2) is 4.39 Å². The minimum Gasteiger partial charge on any atom is -0.491 e. The van der Waals surface area contributed by atoms with E-state index in [1.54, 1.807) is 6.07 Å². The summed E-state index contributed by atoms with van der Waals surface area (Å²) in [4.78, 5) is 0. The Morgan fingerprint density at radius 1 is 1.33 bits per heavy atom. The van der Waals surface area contributed by atoms with Gasteiger partial charge in [-0.05, 0) is 6.07 Å². The molecule has 12 heavy (non-hydrogen) atoms. The Kier molecular flexibility index (Phi) is 3.54. The van der Waals surface area contributed by atoms with Gasteiger partial charge in [-0.1, -0.05) is 18.2 Å². The van der Waals surface area contributed by atoms with Crippen LogP contribution >= 0.6 is 0 Å². The summed E-state index contributed by atoms with van der Waals surface area (Å²) in [5.41, 5.74) is 6.36. The van der Waals surface area contributed by atoms with Crippen LogP contribution in [0.5, 0.6) is 5.75 Å². The van der Waals surface area contributed by atoms with Gasteiger partial charge in [0.1, 0.15) is 19.0 Å². The van der Waals surface area contributed by atoms with E-state index in [9.17, 15) is 4.39 Å². The Balaban J connectivity index is 2.68. The van der Waals surface area contributed by atoms with Crippen molar-refractivity contribution in [1.29, 1.82) is 0 Å². The standard InChI is InChI=1S/C9H12FNO/c10-5-6-12-9-4-2-1-3-8(9)7-11/h1-4H,5-7,11H2. The molecular formula is C9H12FNO. The van der Waals surface area contributed by atoms with Gasteiger partial charge in [0, 0.05) is 12.1 Å². The first kappa shape index (κ1) is 9.00. The number of hydrogen-bond acceptors (Lipinski definition) is 2. The molecule has 0 atom stereocenters. The van der Waals surface area contributed by atoms with Crippen molar-refractivity contribution in [3.05, 3.63) is 29.8 Å². The number of para-hydroxylation sites is 1. The zero-order chi connectivity index (χ0) is 8.81. The number of nitrogens with two attached hydrogens (primary N) is 1. The molecule has 0 saturated heterocycles. The molecule has 0 aromatic heterocycles. The van der Waals surface area contributed by atoms with Gasteiger partial charge in [-0.15, -0.1) is 0 Å². The van der Waals surface area contributed by atoms with Crippen LogP contribution in [0.2, 0.25) is 0 Å². The second-order valence-corrected chi connectivity index (χ2v) is 2.35. The molecule has 1 rings (SSSR count). The van der Waals surface area contributed by atoms with E-state index < -0.39 is 6.67 Å². The van der Waals surface area contributed by atoms with Crippen LogP contribution in [0.3, 0.4) is 0 Å². The van der Waals surface area contributed by atoms with E-state index in [-0.39, 0.29) is 6.61 Å². The van der Waals surface area contributed by atoms with Crippen molar-refractivity contribution >= 4 is 0 Å². The van der Waals surface area contributed by atoms with Crippen LogP contribution in [0.25, 0.3) is 0 Å². The molecule has 0 spiro atoms. The maximum absolute atomic E-state index is 11.8. The molecule has 1 aromatic carbocycles. The summed E-state index contributed by atoms with van der Waals surface area (Å²) in [6.45, 7) is 0.0401. The Hall–Kier alpha value is -1.09. The summed E-state index contributed by atoms with van der Waals surface area (Å²) in [6, 6.07) is 7.38. The third-order valence-electron chi connectivity index (χ3n) is 1.53. The lowest BCUT2D eigenvalue weighted by Gasteiger charge is -2.07. The van der Waals surface area contributed by atoms with Crippen LogP contribution < -0.4 is 10.5 Å². The van der Waals surface area contributed by atoms with Crippen LogP contribution in [-0.2, 0) is 6.54 Å². The van der Waals surface area contributed by atoms with Gasteiger partial charge < -0.3 is 10.5 Å². The minimum absolute atomic E-state index is 0.0943. The fourth-order valence-electron chi connectivity index (χ4n) is 0.962. The molecule has 66 valence electrons. The van der Waals surface area contributed by atoms with Crippen molar-refractivity contribution in [1.82, 2.24) is 0 Å². The number of rotatable bonds is 4. The van der Waals surface area contributed by atoms with Crippen LogP contribution in [0.1, 0.15) is 5.56 Å². The molecule has 2 N–H and O–H groups in total. The fraction of sp³-hybridized carbons (Fsp3) is 0.333. The van der Waals surface area contributed by atoms with Crippen LogP contribution in [-0.4, -0.2) is 13.3 Å². The molecule has 0 fully saturated rings. The highest BCUT2D eigenvalue weighted by atomic mass is 19.1. The normalized spacial score (nSPS) is 9.83. The molecule has 3 heteroatoms. The third kappa shape index (κ3) is 2.20. The molecule has 0 heterocycles. The lowest BCUT2D eigenvalue weighted by molar-refractivity contribution is 0.271. The molecule has 0 unspecified atom stereocenters. The van der Waals surface area contributed by atoms with Crippen LogP contribution in [0.4, 0.5) is 4.39 Å². The van der Waals surface area contributed by atoms with E-state index in [0.717, 1.165) is 5.56 Å². The summed E-state index contributed by atoms with van der Waals surface area (Å²) in [5, 5.41) is 0. The van der Waals surface area contributed by atoms with E-state index in [4.69, 9.17) is 10.5 Å². The van der Waals surface area contributed by atoms with Crippen LogP contribution in [0.15, 0.2) is 24.3 Å². The summed E-state index contributed by atoms with van der Waals surface area (Å²) in [5.74, 6) is 0.678. The van der Waals surface area contributed by atoms with Crippen molar-refractivity contribution in [3.63, 3.8) is 0 Å². The maximum atomic E-state index is 11.8. The number of hydrogen-bond donors (Lipinski definition) is 1. The first-order valence-corrected chi connectivity index (χ1v) is 3.85. The van der Waals surface area contributed by atoms with E-state index in [2.05, 4.69) is 0 Å². The van der Waals surface area contributed by atoms with E-state index in [1.165, 1.54) is 0 Å². The zero-order valence-electron chi connectivity index (χ0n) is 6.79. The van der Waals surface area contributed by atoms with E-state index in [0.29, 0.717) is 12.3 Å². The highest BCUT2D eigenvalue weighted by molar-refractivity contribution is 5.32. The van der Waals surface area contributed by atoms with E-state index >= 15 is 0 Å². The predicted octanol–water partition coefficient (Wildman–Crippen LogP) is 1.49. The maximum Gasteiger partial charge on any atom is 0.123 e. The smallest absolute Gasteiger partial charge is 0.123 e. The quantitative estimate of drug-likeness (QED) is 0.741. The highest BCUT2D eigenvalue weighted by Crippen LogP contribution is 2.16. The van der Waals surface area contributed by atoms with Crippen molar-refractivity contribution in [3.8, 4) is 5.75 Å². The number of ether oxygens (including phenoxy) is 1. The monoisotopic (exact) mass is 169 g/mol. The third-order valence-corrected chi connectivity index (χ3v) is 1.53. The van der Waals surface area contributed by atoms with Gasteiger partial charge in [0.25, 0.3) is 0 Å². The number of benzene rings is 1. The SMILES string of the molecule is NCc1ccccc1OCCF. The second kappa shape index (κ2) is 4.72. The number of alkyl halides is 1. The zero-order valence-corrected chi connectivity index (χ0v) is 6.79. The Bertz CT molecular complexity index is 240. The Morgan fingerprint density at radius 2 is 2.08 bits per heavy atom. The molecule has 0 aliphatic rings. The first-order valence-electron chi connectivity index (χ1n) is 3.85. The topological polar surface area (TPSA) is 35.2 Å². The van der Waals surface area contributed by atoms with Crippen molar-refractivity contribution in [2.24, 2.45) is 5.73 Å². The molecule has 0 aliphatic heterocycles. The number of halogens is 1. The molecule has 0 radical (unpaired) electrons. The predicted molar refractivity (Wildman–Crippen MR) is 45.8 cm³/mol. The largest absolute Gasteiger partial charge is 0.491 e. The summed E-state index contributed by atoms with van der Waals surface area (Å²) in [7, 11) is 0. The minimum atomic E-state index is -0.473. The lowest BCUT2D eigenvalue weighted by atomic mass is 10.2. The molecule has 0 bridgehead atoms. The Morgan fingerprint density at radius 3 is 2.75 bits per heavy atom. The van der Waals surface area contributed by atoms with Gasteiger partial charge in [0.15, 0.2) is 0 Å². The van der Waals surface area contributed by atoms with Crippen molar-refractivity contribution < 1.29 is 9.13 Å². The summed E-state index contributed by atoms with van der Waals surface area (Å²) < 4.78 is 16.9. The van der Waals surface area contributed by atoms with Crippen LogP contribution in [0, 0.1) is 0 Å². The lowest BCUT2D eigenvalue weighted by Crippen LogP contribution is -2.04. The molecule has 0 aliphatic carbocycles. The van der Waals surface area contributed by atoms with Gasteiger partial charge in [0.2, 0.25) is 0 Å². The first-order chi connectivity index (χ1) is 5.88. The molecule has 1 aromatic rings. The summed E-state index contributed by atoms with van der Waals surface area (Å²) >= 11 is 0. The van der Waals surface area contributed by atoms with Gasteiger partial charge in [-0.3, -0.25) is 0 Å². The fourth-order valence-corrected chi connectivity index (χ4v) is 0.962. The van der Waals surface area contributed by atoms with Gasteiger partial charge in [0.05, 0.1) is 0 Å².